The summed E-state index contributed by atoms with van der Waals surface area (Å²) in [4.78, 5) is 21.3. The second-order valence-electron chi connectivity index (χ2n) is 1.66. The van der Waals surface area contributed by atoms with Crippen LogP contribution >= 0.6 is 0 Å². The van der Waals surface area contributed by atoms with E-state index >= 15 is 0 Å². The average molecular weight is 245 g/mol. The number of aromatic nitrogens is 1. The fraction of sp³-hybridized carbons (Fsp3) is 0.286. The molecule has 0 bridgehead atoms. The maximum atomic E-state index is 8.89. The first-order chi connectivity index (χ1) is 5.96. The van der Waals surface area contributed by atoms with E-state index in [2.05, 4.69) is 9.40 Å². The van der Waals surface area contributed by atoms with Crippen LogP contribution in [-0.4, -0.2) is 60.1 Å². The topological polar surface area (TPSA) is 138 Å². The zero-order chi connectivity index (χ0) is 10.7. The van der Waals surface area contributed by atoms with Crippen LogP contribution in [0.1, 0.15) is 13.8 Å². The Hall–Kier alpha value is -0.630. The predicted molar refractivity (Wildman–Crippen MR) is 47.2 cm³/mol. The van der Waals surface area contributed by atoms with Gasteiger partial charge in [-0.15, -0.1) is 0 Å². The number of carbonyl (C=O) groups excluding carboxylic acids is 2. The summed E-state index contributed by atoms with van der Waals surface area (Å²) < 4.78 is 4.47. The molecule has 1 rings (SSSR count). The normalized spacial score (nSPS) is 6.00. The van der Waals surface area contributed by atoms with Crippen molar-refractivity contribution in [2.45, 2.75) is 13.8 Å². The van der Waals surface area contributed by atoms with E-state index in [-0.39, 0.29) is 43.2 Å². The smallest absolute Gasteiger partial charge is 0.550 e. The largest absolute Gasteiger partial charge is 2.00 e. The van der Waals surface area contributed by atoms with Gasteiger partial charge in [-0.25, -0.2) is 4.98 Å². The molecule has 0 radical (unpaired) electrons. The van der Waals surface area contributed by atoms with Crippen molar-refractivity contribution in [2.75, 3.05) is 0 Å². The molecule has 0 fully saturated rings. The second kappa shape index (κ2) is 19.0. The van der Waals surface area contributed by atoms with Crippen molar-refractivity contribution in [3.8, 4) is 0 Å². The van der Waals surface area contributed by atoms with Crippen LogP contribution in [0, 0.1) is 0 Å². The molecule has 0 amide bonds. The number of hydrogen-bond donors (Lipinski definition) is 0. The van der Waals surface area contributed by atoms with E-state index in [4.69, 9.17) is 19.8 Å². The first-order valence-electron chi connectivity index (χ1n) is 3.14. The van der Waals surface area contributed by atoms with Crippen molar-refractivity contribution in [2.24, 2.45) is 0 Å². The van der Waals surface area contributed by atoms with Gasteiger partial charge in [-0.3, -0.25) is 0 Å². The summed E-state index contributed by atoms with van der Waals surface area (Å²) in [6.45, 7) is 1.94. The molecule has 0 aromatic carbocycles. The van der Waals surface area contributed by atoms with Gasteiger partial charge in [-0.1, -0.05) is 0 Å². The molecule has 0 aliphatic carbocycles. The number of aliphatic carboxylic acids is 2. The Morgan fingerprint density at radius 2 is 1.53 bits per heavy atom. The van der Waals surface area contributed by atoms with Gasteiger partial charge in [0.1, 0.15) is 6.26 Å². The van der Waals surface area contributed by atoms with Gasteiger partial charge in [0.15, 0.2) is 6.39 Å². The Kier molecular flexibility index (Phi) is 30.3. The monoisotopic (exact) mass is 245 g/mol. The van der Waals surface area contributed by atoms with Crippen molar-refractivity contribution >= 4 is 49.7 Å². The van der Waals surface area contributed by atoms with E-state index in [1.54, 1.807) is 6.20 Å². The summed E-state index contributed by atoms with van der Waals surface area (Å²) in [6, 6.07) is 0. The third kappa shape index (κ3) is 90.5. The van der Waals surface area contributed by atoms with Crippen molar-refractivity contribution in [1.82, 2.24) is 4.98 Å². The summed E-state index contributed by atoms with van der Waals surface area (Å²) in [5, 5.41) is 17.8. The summed E-state index contributed by atoms with van der Waals surface area (Å²) in [5.74, 6) is -2.17. The molecule has 0 saturated carbocycles. The minimum atomic E-state index is -1.08. The van der Waals surface area contributed by atoms with Crippen LogP contribution in [0.15, 0.2) is 23.3 Å². The van der Waals surface area contributed by atoms with E-state index in [9.17, 15) is 0 Å². The molecule has 0 saturated heterocycles. The van der Waals surface area contributed by atoms with Crippen LogP contribution in [0.5, 0.6) is 0 Å². The van der Waals surface area contributed by atoms with Gasteiger partial charge in [-0.05, 0) is 13.8 Å². The van der Waals surface area contributed by atoms with Gasteiger partial charge in [-0.2, -0.15) is 0 Å². The van der Waals surface area contributed by atoms with E-state index in [0.717, 1.165) is 13.8 Å². The third-order valence-electron chi connectivity index (χ3n) is 0.347. The molecule has 2 N–H and O–H groups in total. The van der Waals surface area contributed by atoms with Gasteiger partial charge in [0.05, 0.1) is 6.20 Å². The standard InChI is InChI=1S/C3H3NO.2C2H4O2.Ca.H2O/c1-2-5-3-4-1;2*1-2(3)4;;/h1-3H;2*1H3,(H,3,4);;1H2/q;;;+2;/p-2. The molecule has 0 spiro atoms. The number of carbonyl (C=O) groups is 2. The van der Waals surface area contributed by atoms with Gasteiger partial charge < -0.3 is 29.7 Å². The molecule has 0 atom stereocenters. The Morgan fingerprint density at radius 1 is 1.20 bits per heavy atom. The average Bonchev–Trinajstić information content (AvgIpc) is 2.35. The van der Waals surface area contributed by atoms with Crippen LogP contribution in [0.2, 0.25) is 0 Å². The minimum absolute atomic E-state index is 0. The second-order valence-corrected chi connectivity index (χ2v) is 1.66. The summed E-state index contributed by atoms with van der Waals surface area (Å²) in [5.41, 5.74) is 0. The Bertz CT molecular complexity index is 188. The molecule has 0 unspecified atom stereocenters. The van der Waals surface area contributed by atoms with Crippen LogP contribution in [0.25, 0.3) is 0 Å². The quantitative estimate of drug-likeness (QED) is 0.446. The summed E-state index contributed by atoms with van der Waals surface area (Å²) >= 11 is 0. The SMILES string of the molecule is CC(=O)[O-].CC(=O)[O-].O.[Ca+2].c1cocn1. The molecule has 0 aliphatic rings. The third-order valence-corrected chi connectivity index (χ3v) is 0.347. The molecule has 1 aromatic rings. The number of oxazole rings is 1. The van der Waals surface area contributed by atoms with Crippen LogP contribution in [0.4, 0.5) is 0 Å². The molecule has 82 valence electrons. The van der Waals surface area contributed by atoms with Crippen molar-refractivity contribution in [1.29, 1.82) is 0 Å². The molecule has 7 nitrogen and oxygen atoms in total. The number of hydrogen-bond acceptors (Lipinski definition) is 6. The van der Waals surface area contributed by atoms with Crippen LogP contribution in [0.3, 0.4) is 0 Å². The van der Waals surface area contributed by atoms with E-state index in [0.29, 0.717) is 0 Å². The molecule has 0 aliphatic heterocycles. The first-order valence-corrected chi connectivity index (χ1v) is 3.14. The number of carboxylic acids is 2. The molecular formula is C7H11CaNO6. The zero-order valence-electron chi connectivity index (χ0n) is 8.43. The maximum Gasteiger partial charge on any atom is 2.00 e. The molecule has 15 heavy (non-hydrogen) atoms. The van der Waals surface area contributed by atoms with E-state index in [1.807, 2.05) is 0 Å². The number of rotatable bonds is 0. The summed E-state index contributed by atoms with van der Waals surface area (Å²) in [6.07, 6.45) is 4.47. The Balaban J connectivity index is -0.0000000575. The molecule has 1 heterocycles. The van der Waals surface area contributed by atoms with Crippen molar-refractivity contribution in [3.05, 3.63) is 18.9 Å². The summed E-state index contributed by atoms with van der Waals surface area (Å²) in [7, 11) is 0. The molecule has 1 aromatic heterocycles. The molecular weight excluding hydrogens is 234 g/mol. The maximum absolute atomic E-state index is 8.89. The minimum Gasteiger partial charge on any atom is -0.550 e. The van der Waals surface area contributed by atoms with Gasteiger partial charge in [0, 0.05) is 11.9 Å². The van der Waals surface area contributed by atoms with Crippen molar-refractivity contribution < 1.29 is 29.7 Å². The predicted octanol–water partition coefficient (Wildman–Crippen LogP) is -3.02. The molecule has 8 heteroatoms. The Labute approximate surface area is 116 Å². The Morgan fingerprint density at radius 3 is 1.60 bits per heavy atom. The fourth-order valence-corrected chi connectivity index (χ4v) is 0.176. The first kappa shape index (κ1) is 23.9. The van der Waals surface area contributed by atoms with E-state index in [1.165, 1.54) is 12.7 Å². The van der Waals surface area contributed by atoms with Gasteiger partial charge >= 0.3 is 37.7 Å². The van der Waals surface area contributed by atoms with Gasteiger partial charge in [0.25, 0.3) is 0 Å². The fourth-order valence-electron chi connectivity index (χ4n) is 0.176. The zero-order valence-corrected chi connectivity index (χ0v) is 10.6. The van der Waals surface area contributed by atoms with Crippen LogP contribution in [-0.2, 0) is 9.59 Å². The number of carboxylic acid groups (broad SMARTS) is 2. The van der Waals surface area contributed by atoms with Gasteiger partial charge in [0.2, 0.25) is 0 Å². The van der Waals surface area contributed by atoms with E-state index < -0.39 is 11.9 Å². The van der Waals surface area contributed by atoms with Crippen molar-refractivity contribution in [3.63, 3.8) is 0 Å². The van der Waals surface area contributed by atoms with Crippen LogP contribution < -0.4 is 10.2 Å². The number of nitrogens with zero attached hydrogens (tertiary/aromatic N) is 1.